The number of carbonyl (C=O) groups excluding carboxylic acids is 2. The molecule has 9 nitrogen and oxygen atoms in total. The molecule has 9 heteroatoms. The maximum atomic E-state index is 13.5. The summed E-state index contributed by atoms with van der Waals surface area (Å²) in [5, 5.41) is 9.51. The zero-order valence-electron chi connectivity index (χ0n) is 18.9. The number of piperidine rings is 1. The molecule has 4 rings (SSSR count). The van der Waals surface area contributed by atoms with Crippen molar-refractivity contribution in [3.8, 4) is 11.4 Å². The minimum Gasteiger partial charge on any atom is -0.489 e. The molecule has 2 heterocycles. The fourth-order valence-electron chi connectivity index (χ4n) is 3.94. The summed E-state index contributed by atoms with van der Waals surface area (Å²) in [6, 6.07) is 14.4. The van der Waals surface area contributed by atoms with E-state index in [9.17, 15) is 9.59 Å². The third-order valence-electron chi connectivity index (χ3n) is 5.81. The number of ether oxygens (including phenoxy) is 1. The minimum absolute atomic E-state index is 0.0688. The Hall–Kier alpha value is -3.72. The standard InChI is InChI=1S/C24H27N5O4/c1-17-11-12-20(33-19-8-6-7-18(15-19)23(30)27(2)32-3)16-28(17)24(31)21-9-4-5-10-22(21)29-25-13-14-26-29/h4-10,13-15,17,20H,11-12,16H2,1-3H3. The van der Waals surface area contributed by atoms with Crippen LogP contribution >= 0.6 is 0 Å². The van der Waals surface area contributed by atoms with Crippen molar-refractivity contribution in [2.45, 2.75) is 31.9 Å². The zero-order valence-corrected chi connectivity index (χ0v) is 18.9. The molecule has 0 N–H and O–H groups in total. The van der Waals surface area contributed by atoms with Crippen LogP contribution in [0.4, 0.5) is 0 Å². The quantitative estimate of drug-likeness (QED) is 0.538. The number of carbonyl (C=O) groups is 2. The van der Waals surface area contributed by atoms with E-state index in [2.05, 4.69) is 10.2 Å². The summed E-state index contributed by atoms with van der Waals surface area (Å²) < 4.78 is 6.19. The monoisotopic (exact) mass is 449 g/mol. The van der Waals surface area contributed by atoms with Gasteiger partial charge in [-0.1, -0.05) is 18.2 Å². The van der Waals surface area contributed by atoms with Crippen LogP contribution in [0.25, 0.3) is 5.69 Å². The number of likely N-dealkylation sites (tertiary alicyclic amines) is 1. The molecule has 2 aromatic carbocycles. The molecule has 0 radical (unpaired) electrons. The fraction of sp³-hybridized carbons (Fsp3) is 0.333. The third-order valence-corrected chi connectivity index (χ3v) is 5.81. The molecule has 3 aromatic rings. The Morgan fingerprint density at radius 1 is 1.06 bits per heavy atom. The third kappa shape index (κ3) is 4.88. The normalized spacial score (nSPS) is 18.1. The van der Waals surface area contributed by atoms with Crippen molar-refractivity contribution < 1.29 is 19.2 Å². The number of rotatable bonds is 6. The molecule has 2 amide bonds. The highest BCUT2D eigenvalue weighted by atomic mass is 16.7. The van der Waals surface area contributed by atoms with Gasteiger partial charge in [0.1, 0.15) is 11.9 Å². The largest absolute Gasteiger partial charge is 0.489 e. The topological polar surface area (TPSA) is 89.8 Å². The van der Waals surface area contributed by atoms with Gasteiger partial charge in [0.05, 0.1) is 37.3 Å². The Kier molecular flexibility index (Phi) is 6.69. The van der Waals surface area contributed by atoms with Gasteiger partial charge in [-0.2, -0.15) is 15.0 Å². The van der Waals surface area contributed by atoms with Gasteiger partial charge < -0.3 is 9.64 Å². The van der Waals surface area contributed by atoms with E-state index >= 15 is 0 Å². The maximum Gasteiger partial charge on any atom is 0.277 e. The highest BCUT2D eigenvalue weighted by molar-refractivity contribution is 5.98. The number of aromatic nitrogens is 3. The number of amides is 2. The second-order valence-corrected chi connectivity index (χ2v) is 7.97. The van der Waals surface area contributed by atoms with E-state index in [1.165, 1.54) is 11.9 Å². The smallest absolute Gasteiger partial charge is 0.277 e. The van der Waals surface area contributed by atoms with Gasteiger partial charge in [0.2, 0.25) is 0 Å². The van der Waals surface area contributed by atoms with Gasteiger partial charge >= 0.3 is 0 Å². The Labute approximate surface area is 192 Å². The van der Waals surface area contributed by atoms with Crippen LogP contribution in [0, 0.1) is 0 Å². The predicted molar refractivity (Wildman–Crippen MR) is 121 cm³/mol. The Morgan fingerprint density at radius 2 is 1.82 bits per heavy atom. The van der Waals surface area contributed by atoms with Gasteiger partial charge in [-0.3, -0.25) is 14.4 Å². The second kappa shape index (κ2) is 9.83. The van der Waals surface area contributed by atoms with Gasteiger partial charge in [-0.05, 0) is 50.1 Å². The van der Waals surface area contributed by atoms with E-state index in [-0.39, 0.29) is 24.0 Å². The number of para-hydroxylation sites is 1. The predicted octanol–water partition coefficient (Wildman–Crippen LogP) is 2.97. The van der Waals surface area contributed by atoms with Crippen LogP contribution in [0.3, 0.4) is 0 Å². The number of hydroxylamine groups is 2. The minimum atomic E-state index is -0.263. The number of hydrogen-bond donors (Lipinski definition) is 0. The molecular formula is C24H27N5O4. The molecule has 1 aliphatic rings. The number of hydrogen-bond acceptors (Lipinski definition) is 6. The molecular weight excluding hydrogens is 422 g/mol. The van der Waals surface area contributed by atoms with E-state index in [1.54, 1.807) is 43.7 Å². The van der Waals surface area contributed by atoms with Crippen molar-refractivity contribution in [3.05, 3.63) is 72.1 Å². The van der Waals surface area contributed by atoms with Gasteiger partial charge in [0.15, 0.2) is 0 Å². The molecule has 0 saturated carbocycles. The van der Waals surface area contributed by atoms with Crippen LogP contribution in [-0.4, -0.2) is 69.6 Å². The summed E-state index contributed by atoms with van der Waals surface area (Å²) in [7, 11) is 2.99. The molecule has 1 aromatic heterocycles. The number of nitrogens with zero attached hydrogens (tertiary/aromatic N) is 5. The average molecular weight is 450 g/mol. The lowest BCUT2D eigenvalue weighted by molar-refractivity contribution is -0.0757. The summed E-state index contributed by atoms with van der Waals surface area (Å²) in [6.45, 7) is 2.49. The van der Waals surface area contributed by atoms with Crippen LogP contribution in [0.2, 0.25) is 0 Å². The van der Waals surface area contributed by atoms with Crippen LogP contribution in [0.5, 0.6) is 5.75 Å². The van der Waals surface area contributed by atoms with Crippen molar-refractivity contribution >= 4 is 11.8 Å². The average Bonchev–Trinajstić information content (AvgIpc) is 3.39. The Balaban J connectivity index is 1.51. The molecule has 1 aliphatic heterocycles. The zero-order chi connectivity index (χ0) is 23.4. The number of benzene rings is 2. The fourth-order valence-corrected chi connectivity index (χ4v) is 3.94. The lowest BCUT2D eigenvalue weighted by atomic mass is 9.99. The summed E-state index contributed by atoms with van der Waals surface area (Å²) in [6.07, 6.45) is 4.59. The molecule has 2 atom stereocenters. The highest BCUT2D eigenvalue weighted by Gasteiger charge is 2.32. The van der Waals surface area contributed by atoms with E-state index in [0.717, 1.165) is 17.9 Å². The van der Waals surface area contributed by atoms with E-state index in [4.69, 9.17) is 9.57 Å². The molecule has 0 aliphatic carbocycles. The molecule has 2 unspecified atom stereocenters. The lowest BCUT2D eigenvalue weighted by Crippen LogP contribution is -2.49. The molecule has 0 bridgehead atoms. The van der Waals surface area contributed by atoms with Crippen molar-refractivity contribution in [1.29, 1.82) is 0 Å². The summed E-state index contributed by atoms with van der Waals surface area (Å²) >= 11 is 0. The first-order valence-electron chi connectivity index (χ1n) is 10.8. The van der Waals surface area contributed by atoms with Gasteiger partial charge in [-0.15, -0.1) is 0 Å². The second-order valence-electron chi connectivity index (χ2n) is 7.97. The summed E-state index contributed by atoms with van der Waals surface area (Å²) in [5.41, 5.74) is 1.64. The first-order chi connectivity index (χ1) is 16.0. The van der Waals surface area contributed by atoms with Crippen LogP contribution in [-0.2, 0) is 4.84 Å². The van der Waals surface area contributed by atoms with Gasteiger partial charge in [0, 0.05) is 18.7 Å². The van der Waals surface area contributed by atoms with Crippen LogP contribution in [0.15, 0.2) is 60.9 Å². The molecule has 1 fully saturated rings. The van der Waals surface area contributed by atoms with Crippen molar-refractivity contribution in [1.82, 2.24) is 25.0 Å². The Bertz CT molecular complexity index is 1120. The Morgan fingerprint density at radius 3 is 2.58 bits per heavy atom. The van der Waals surface area contributed by atoms with Gasteiger partial charge in [-0.25, -0.2) is 5.06 Å². The van der Waals surface area contributed by atoms with Crippen LogP contribution in [0.1, 0.15) is 40.5 Å². The molecule has 172 valence electrons. The highest BCUT2D eigenvalue weighted by Crippen LogP contribution is 2.26. The van der Waals surface area contributed by atoms with Crippen molar-refractivity contribution in [2.75, 3.05) is 20.7 Å². The van der Waals surface area contributed by atoms with Gasteiger partial charge in [0.25, 0.3) is 11.8 Å². The first kappa shape index (κ1) is 22.5. The maximum absolute atomic E-state index is 13.5. The summed E-state index contributed by atoms with van der Waals surface area (Å²) in [5.74, 6) is 0.230. The van der Waals surface area contributed by atoms with Crippen LogP contribution < -0.4 is 4.74 Å². The molecule has 33 heavy (non-hydrogen) atoms. The SMILES string of the molecule is CON(C)C(=O)c1cccc(OC2CCC(C)N(C(=O)c3ccccc3-n3nccn3)C2)c1. The summed E-state index contributed by atoms with van der Waals surface area (Å²) in [4.78, 5) is 34.2. The first-order valence-corrected chi connectivity index (χ1v) is 10.8. The van der Waals surface area contributed by atoms with Crippen molar-refractivity contribution in [2.24, 2.45) is 0 Å². The molecule has 1 saturated heterocycles. The van der Waals surface area contributed by atoms with Crippen molar-refractivity contribution in [3.63, 3.8) is 0 Å². The van der Waals surface area contributed by atoms with E-state index < -0.39 is 0 Å². The van der Waals surface area contributed by atoms with E-state index in [0.29, 0.717) is 29.1 Å². The molecule has 0 spiro atoms. The lowest BCUT2D eigenvalue weighted by Gasteiger charge is -2.38. The van der Waals surface area contributed by atoms with E-state index in [1.807, 2.05) is 36.1 Å².